The van der Waals surface area contributed by atoms with Gasteiger partial charge in [0.1, 0.15) is 11.6 Å². The van der Waals surface area contributed by atoms with E-state index in [2.05, 4.69) is 25.4 Å². The highest BCUT2D eigenvalue weighted by atomic mass is 16.2. The normalized spacial score (nSPS) is 13.1. The summed E-state index contributed by atoms with van der Waals surface area (Å²) < 4.78 is 1.85. The monoisotopic (exact) mass is 405 g/mol. The first-order valence-electron chi connectivity index (χ1n) is 9.89. The van der Waals surface area contributed by atoms with Crippen molar-refractivity contribution in [2.24, 2.45) is 0 Å². The molecule has 0 fully saturated rings. The van der Waals surface area contributed by atoms with E-state index in [9.17, 15) is 9.59 Å². The van der Waals surface area contributed by atoms with Crippen LogP contribution in [-0.2, 0) is 16.1 Å². The summed E-state index contributed by atoms with van der Waals surface area (Å²) in [5.74, 6) is 0.914. The lowest BCUT2D eigenvalue weighted by Gasteiger charge is -2.27. The Labute approximate surface area is 174 Å². The topological polar surface area (TPSA) is 106 Å². The van der Waals surface area contributed by atoms with Gasteiger partial charge in [0.25, 0.3) is 0 Å². The van der Waals surface area contributed by atoms with Crippen LogP contribution in [0.15, 0.2) is 36.8 Å². The van der Waals surface area contributed by atoms with Crippen molar-refractivity contribution in [3.05, 3.63) is 48.2 Å². The van der Waals surface area contributed by atoms with Crippen LogP contribution in [0.3, 0.4) is 0 Å². The number of rotatable bonds is 5. The second-order valence-corrected chi connectivity index (χ2v) is 7.29. The van der Waals surface area contributed by atoms with Crippen molar-refractivity contribution >= 4 is 23.5 Å². The number of nitrogens with one attached hydrogen (secondary N) is 1. The Morgan fingerprint density at radius 1 is 1.07 bits per heavy atom. The van der Waals surface area contributed by atoms with E-state index in [1.165, 1.54) is 0 Å². The number of aryl methyl sites for hydroxylation is 3. The molecule has 0 atom stereocenters. The highest BCUT2D eigenvalue weighted by Gasteiger charge is 2.24. The van der Waals surface area contributed by atoms with Gasteiger partial charge < -0.3 is 5.32 Å². The minimum atomic E-state index is -0.249. The Bertz CT molecular complexity index is 1080. The van der Waals surface area contributed by atoms with Crippen molar-refractivity contribution in [3.63, 3.8) is 0 Å². The predicted molar refractivity (Wildman–Crippen MR) is 112 cm³/mol. The van der Waals surface area contributed by atoms with Crippen molar-refractivity contribution in [3.8, 4) is 11.3 Å². The van der Waals surface area contributed by atoms with Gasteiger partial charge in [0, 0.05) is 50.0 Å². The summed E-state index contributed by atoms with van der Waals surface area (Å²) in [4.78, 5) is 39.4. The molecule has 0 unspecified atom stereocenters. The zero-order valence-electron chi connectivity index (χ0n) is 17.0. The van der Waals surface area contributed by atoms with E-state index in [1.807, 2.05) is 30.7 Å². The van der Waals surface area contributed by atoms with Crippen LogP contribution in [-0.4, -0.2) is 43.1 Å². The third-order valence-corrected chi connectivity index (χ3v) is 4.86. The molecule has 0 aromatic carbocycles. The smallest absolute Gasteiger partial charge is 0.228 e. The van der Waals surface area contributed by atoms with Crippen LogP contribution in [0.4, 0.5) is 11.6 Å². The first-order chi connectivity index (χ1) is 14.5. The highest BCUT2D eigenvalue weighted by molar-refractivity contribution is 5.97. The largest absolute Gasteiger partial charge is 0.311 e. The van der Waals surface area contributed by atoms with Crippen molar-refractivity contribution in [1.82, 2.24) is 24.7 Å². The van der Waals surface area contributed by atoms with Crippen molar-refractivity contribution in [2.45, 2.75) is 39.7 Å². The van der Waals surface area contributed by atoms with E-state index in [0.29, 0.717) is 12.4 Å². The van der Waals surface area contributed by atoms with Crippen molar-refractivity contribution in [1.29, 1.82) is 0 Å². The highest BCUT2D eigenvalue weighted by Crippen LogP contribution is 2.23. The van der Waals surface area contributed by atoms with E-state index in [0.717, 1.165) is 41.4 Å². The molecule has 0 bridgehead atoms. The van der Waals surface area contributed by atoms with Crippen LogP contribution in [0.25, 0.3) is 11.3 Å². The minimum Gasteiger partial charge on any atom is -0.311 e. The van der Waals surface area contributed by atoms with Gasteiger partial charge in [-0.3, -0.25) is 19.5 Å². The zero-order chi connectivity index (χ0) is 21.1. The quantitative estimate of drug-likeness (QED) is 0.699. The number of hydrogen-bond acceptors (Lipinski definition) is 6. The maximum absolute atomic E-state index is 12.6. The predicted octanol–water partition coefficient (Wildman–Crippen LogP) is 2.51. The SMILES string of the molecule is Cc1cncc(-c2ccc(NC(=O)CCC(=O)N3CCCn4nc(C)cc43)nc2)n1. The van der Waals surface area contributed by atoms with Gasteiger partial charge in [0.2, 0.25) is 11.8 Å². The number of pyridine rings is 1. The Morgan fingerprint density at radius 3 is 2.70 bits per heavy atom. The van der Waals surface area contributed by atoms with E-state index >= 15 is 0 Å². The fraction of sp³-hybridized carbons (Fsp3) is 0.333. The van der Waals surface area contributed by atoms with Gasteiger partial charge in [0.05, 0.1) is 23.3 Å². The van der Waals surface area contributed by atoms with Crippen LogP contribution >= 0.6 is 0 Å². The van der Waals surface area contributed by atoms with E-state index < -0.39 is 0 Å². The summed E-state index contributed by atoms with van der Waals surface area (Å²) in [6.07, 6.45) is 6.07. The van der Waals surface area contributed by atoms with Crippen LogP contribution < -0.4 is 10.2 Å². The molecule has 4 heterocycles. The molecule has 1 aliphatic rings. The number of anilines is 2. The van der Waals surface area contributed by atoms with Gasteiger partial charge in [-0.05, 0) is 32.4 Å². The molecule has 9 heteroatoms. The number of carbonyl (C=O) groups is 2. The molecule has 9 nitrogen and oxygen atoms in total. The lowest BCUT2D eigenvalue weighted by Crippen LogP contribution is -2.37. The standard InChI is InChI=1S/C21H23N7O2/c1-14-10-20-27(8-3-9-28(20)26-14)21(30)7-6-19(29)25-18-5-4-16(12-23-18)17-13-22-11-15(2)24-17/h4-5,10-13H,3,6-9H2,1-2H3,(H,23,25,29). The van der Waals surface area contributed by atoms with Crippen LogP contribution in [0, 0.1) is 13.8 Å². The third kappa shape index (κ3) is 4.35. The molecule has 0 radical (unpaired) electrons. The summed E-state index contributed by atoms with van der Waals surface area (Å²) in [5.41, 5.74) is 3.24. The minimum absolute atomic E-state index is 0.0765. The Balaban J connectivity index is 1.32. The van der Waals surface area contributed by atoms with Crippen LogP contribution in [0.2, 0.25) is 0 Å². The second kappa shape index (κ2) is 8.40. The van der Waals surface area contributed by atoms with Gasteiger partial charge in [-0.25, -0.2) is 14.6 Å². The number of hydrogen-bond donors (Lipinski definition) is 1. The van der Waals surface area contributed by atoms with Gasteiger partial charge in [-0.15, -0.1) is 0 Å². The maximum atomic E-state index is 12.6. The Kier molecular flexibility index (Phi) is 5.51. The van der Waals surface area contributed by atoms with E-state index in [4.69, 9.17) is 0 Å². The second-order valence-electron chi connectivity index (χ2n) is 7.29. The van der Waals surface area contributed by atoms with Gasteiger partial charge in [-0.2, -0.15) is 5.10 Å². The van der Waals surface area contributed by atoms with Gasteiger partial charge in [-0.1, -0.05) is 0 Å². The lowest BCUT2D eigenvalue weighted by molar-refractivity contribution is -0.122. The first kappa shape index (κ1) is 19.7. The van der Waals surface area contributed by atoms with Crippen molar-refractivity contribution in [2.75, 3.05) is 16.8 Å². The lowest BCUT2D eigenvalue weighted by atomic mass is 10.2. The fourth-order valence-electron chi connectivity index (χ4n) is 3.44. The number of carbonyl (C=O) groups excluding carboxylic acids is 2. The Hall–Kier alpha value is -3.62. The average molecular weight is 405 g/mol. The average Bonchev–Trinajstić information content (AvgIpc) is 3.12. The summed E-state index contributed by atoms with van der Waals surface area (Å²) in [7, 11) is 0. The summed E-state index contributed by atoms with van der Waals surface area (Å²) in [6.45, 7) is 5.24. The number of amides is 2. The molecule has 30 heavy (non-hydrogen) atoms. The molecule has 1 N–H and O–H groups in total. The number of nitrogens with zero attached hydrogens (tertiary/aromatic N) is 6. The third-order valence-electron chi connectivity index (χ3n) is 4.86. The molecule has 2 amide bonds. The van der Waals surface area contributed by atoms with Crippen molar-refractivity contribution < 1.29 is 9.59 Å². The Morgan fingerprint density at radius 2 is 1.93 bits per heavy atom. The number of fused-ring (bicyclic) bond motifs is 1. The molecule has 1 aliphatic heterocycles. The molecule has 0 aliphatic carbocycles. The molecule has 3 aromatic heterocycles. The molecular weight excluding hydrogens is 382 g/mol. The molecule has 0 saturated heterocycles. The van der Waals surface area contributed by atoms with Gasteiger partial charge >= 0.3 is 0 Å². The molecular formula is C21H23N7O2. The van der Waals surface area contributed by atoms with Crippen LogP contribution in [0.1, 0.15) is 30.7 Å². The molecule has 0 saturated carbocycles. The maximum Gasteiger partial charge on any atom is 0.228 e. The number of aromatic nitrogens is 5. The summed E-state index contributed by atoms with van der Waals surface area (Å²) in [5, 5.41) is 7.13. The first-order valence-corrected chi connectivity index (χ1v) is 9.89. The van der Waals surface area contributed by atoms with Gasteiger partial charge in [0.15, 0.2) is 0 Å². The summed E-state index contributed by atoms with van der Waals surface area (Å²) in [6, 6.07) is 5.45. The molecule has 3 aromatic rings. The van der Waals surface area contributed by atoms with E-state index in [-0.39, 0.29) is 24.7 Å². The molecule has 154 valence electrons. The van der Waals surface area contributed by atoms with Crippen LogP contribution in [0.5, 0.6) is 0 Å². The fourth-order valence-corrected chi connectivity index (χ4v) is 3.44. The zero-order valence-corrected chi connectivity index (χ0v) is 17.0. The van der Waals surface area contributed by atoms with E-state index in [1.54, 1.807) is 29.6 Å². The molecule has 0 spiro atoms. The summed E-state index contributed by atoms with van der Waals surface area (Å²) >= 11 is 0. The molecule has 4 rings (SSSR count).